The molecule has 0 unspecified atom stereocenters. The van der Waals surface area contributed by atoms with Gasteiger partial charge in [0.15, 0.2) is 0 Å². The molecule has 44 valence electrons. The van der Waals surface area contributed by atoms with E-state index in [4.69, 9.17) is 19.8 Å². The zero-order valence-corrected chi connectivity index (χ0v) is 3.79. The van der Waals surface area contributed by atoms with Crippen molar-refractivity contribution in [3.05, 3.63) is 0 Å². The predicted molar refractivity (Wildman–Crippen MR) is 29.2 cm³/mol. The van der Waals surface area contributed by atoms with Crippen LogP contribution in [-0.4, -0.2) is 52.2 Å². The van der Waals surface area contributed by atoms with E-state index >= 15 is 0 Å². The van der Waals surface area contributed by atoms with Crippen LogP contribution in [0.3, 0.4) is 0 Å². The summed E-state index contributed by atoms with van der Waals surface area (Å²) in [6.45, 7) is 0.833. The van der Waals surface area contributed by atoms with Crippen LogP contribution in [0.15, 0.2) is 0 Å². The van der Waals surface area contributed by atoms with Gasteiger partial charge in [0, 0.05) is 6.92 Å². The Bertz CT molecular complexity index is 58.3. The monoisotopic (exact) mass is 130 g/mol. The van der Waals surface area contributed by atoms with Crippen LogP contribution >= 0.6 is 0 Å². The van der Waals surface area contributed by atoms with Crippen molar-refractivity contribution < 1.29 is 19.8 Å². The molecule has 2 N–H and O–H groups in total. The second kappa shape index (κ2) is 15.8. The average Bonchev–Trinajstić information content (AvgIpc) is 1.33. The minimum atomic E-state index is -0.833. The first-order chi connectivity index (χ1) is 3.15. The Balaban J connectivity index is -0.0000000575. The van der Waals surface area contributed by atoms with Crippen molar-refractivity contribution in [2.45, 2.75) is 6.92 Å². The first kappa shape index (κ1) is 15.7. The second-order valence-electron chi connectivity index (χ2n) is 0.624. The topological polar surface area (TPSA) is 74.6 Å². The predicted octanol–water partition coefficient (Wildman–Crippen LogP) is -0.857. The third-order valence-electron chi connectivity index (χ3n) is 0. The van der Waals surface area contributed by atoms with Crippen molar-refractivity contribution >= 4 is 42.0 Å². The van der Waals surface area contributed by atoms with E-state index in [1.54, 1.807) is 0 Å². The van der Waals surface area contributed by atoms with Gasteiger partial charge in [0.2, 0.25) is 0 Å². The molecule has 0 atom stereocenters. The van der Waals surface area contributed by atoms with Gasteiger partial charge in [0.25, 0.3) is 12.4 Å². The van der Waals surface area contributed by atoms with Crippen LogP contribution in [0.4, 0.5) is 0 Å². The number of carboxylic acid groups (broad SMARTS) is 2. The summed E-state index contributed by atoms with van der Waals surface area (Å²) in [6.07, 6.45) is 0. The van der Waals surface area contributed by atoms with Gasteiger partial charge >= 0.3 is 29.6 Å². The summed E-state index contributed by atoms with van der Waals surface area (Å²) in [5.41, 5.74) is 0. The van der Waals surface area contributed by atoms with Crippen molar-refractivity contribution in [3.8, 4) is 0 Å². The SMILES string of the molecule is CC(=O)O.O=CO.[NaH]. The zero-order valence-electron chi connectivity index (χ0n) is 3.79. The van der Waals surface area contributed by atoms with Crippen LogP contribution in [0.2, 0.25) is 0 Å². The fourth-order valence-corrected chi connectivity index (χ4v) is 0. The van der Waals surface area contributed by atoms with E-state index in [0.717, 1.165) is 6.92 Å². The summed E-state index contributed by atoms with van der Waals surface area (Å²) in [5, 5.41) is 14.3. The molecule has 0 saturated carbocycles. The van der Waals surface area contributed by atoms with Crippen LogP contribution in [0.1, 0.15) is 6.92 Å². The van der Waals surface area contributed by atoms with Crippen molar-refractivity contribution in [2.24, 2.45) is 0 Å². The van der Waals surface area contributed by atoms with E-state index in [-0.39, 0.29) is 36.0 Å². The maximum atomic E-state index is 9.00. The van der Waals surface area contributed by atoms with Gasteiger partial charge in [-0.25, -0.2) is 0 Å². The molecule has 0 aromatic heterocycles. The van der Waals surface area contributed by atoms with E-state index in [1.807, 2.05) is 0 Å². The maximum absolute atomic E-state index is 9.00. The van der Waals surface area contributed by atoms with E-state index in [1.165, 1.54) is 0 Å². The molecule has 0 aromatic carbocycles. The third kappa shape index (κ3) is 40300. The molecule has 0 aliphatic carbocycles. The van der Waals surface area contributed by atoms with Gasteiger partial charge in [-0.1, -0.05) is 0 Å². The minimum absolute atomic E-state index is 0. The molecular weight excluding hydrogens is 123 g/mol. The molecule has 0 aliphatic heterocycles. The van der Waals surface area contributed by atoms with Crippen LogP contribution < -0.4 is 0 Å². The molecule has 0 aromatic rings. The van der Waals surface area contributed by atoms with Gasteiger partial charge in [-0.2, -0.15) is 0 Å². The summed E-state index contributed by atoms with van der Waals surface area (Å²) in [4.78, 5) is 17.4. The standard InChI is InChI=1S/C2H4O2.CH2O2.Na.H/c1-2(3)4;2-1-3;;/h1H3,(H,3,4);1H,(H,2,3);;. The Morgan fingerprint density at radius 2 is 1.62 bits per heavy atom. The number of hydrogen-bond acceptors (Lipinski definition) is 2. The third-order valence-corrected chi connectivity index (χ3v) is 0. The molecule has 0 heterocycles. The molecule has 5 heteroatoms. The molecule has 0 saturated heterocycles. The average molecular weight is 130 g/mol. The van der Waals surface area contributed by atoms with Crippen LogP contribution in [0.5, 0.6) is 0 Å². The van der Waals surface area contributed by atoms with Crippen LogP contribution in [0, 0.1) is 0 Å². The Kier molecular flexibility index (Phi) is 30.9. The van der Waals surface area contributed by atoms with Gasteiger partial charge < -0.3 is 10.2 Å². The molecule has 4 nitrogen and oxygen atoms in total. The van der Waals surface area contributed by atoms with E-state index in [2.05, 4.69) is 0 Å². The fraction of sp³-hybridized carbons (Fsp3) is 0.333. The normalized spacial score (nSPS) is 4.62. The molecule has 0 fully saturated rings. The Hall–Kier alpha value is -0.0600. The van der Waals surface area contributed by atoms with Crippen molar-refractivity contribution in [1.29, 1.82) is 0 Å². The van der Waals surface area contributed by atoms with E-state index < -0.39 is 5.97 Å². The second-order valence-corrected chi connectivity index (χ2v) is 0.624. The van der Waals surface area contributed by atoms with Crippen molar-refractivity contribution in [3.63, 3.8) is 0 Å². The molecular formula is C3H7NaO4. The van der Waals surface area contributed by atoms with Crippen LogP contribution in [-0.2, 0) is 9.59 Å². The van der Waals surface area contributed by atoms with Gasteiger partial charge in [-0.3, -0.25) is 9.59 Å². The molecule has 0 rings (SSSR count). The molecule has 0 aliphatic rings. The summed E-state index contributed by atoms with van der Waals surface area (Å²) in [5.74, 6) is -0.833. The molecule has 0 bridgehead atoms. The first-order valence-electron chi connectivity index (χ1n) is 1.42. The van der Waals surface area contributed by atoms with Crippen LogP contribution in [0.25, 0.3) is 0 Å². The number of hydrogen-bond donors (Lipinski definition) is 2. The first-order valence-corrected chi connectivity index (χ1v) is 1.42. The van der Waals surface area contributed by atoms with E-state index in [9.17, 15) is 0 Å². The zero-order chi connectivity index (χ0) is 6.28. The van der Waals surface area contributed by atoms with E-state index in [0.29, 0.717) is 0 Å². The van der Waals surface area contributed by atoms with Gasteiger partial charge in [0.1, 0.15) is 0 Å². The fourth-order valence-electron chi connectivity index (χ4n) is 0. The Labute approximate surface area is 68.8 Å². The molecule has 8 heavy (non-hydrogen) atoms. The summed E-state index contributed by atoms with van der Waals surface area (Å²) < 4.78 is 0. The van der Waals surface area contributed by atoms with Crippen molar-refractivity contribution in [1.82, 2.24) is 0 Å². The summed E-state index contributed by atoms with van der Waals surface area (Å²) >= 11 is 0. The Morgan fingerprint density at radius 1 is 1.62 bits per heavy atom. The Morgan fingerprint density at radius 3 is 1.62 bits per heavy atom. The number of carboxylic acids is 1. The number of carbonyl (C=O) groups is 2. The van der Waals surface area contributed by atoms with Gasteiger partial charge in [-0.05, 0) is 0 Å². The van der Waals surface area contributed by atoms with Gasteiger partial charge in [0.05, 0.1) is 0 Å². The quantitative estimate of drug-likeness (QED) is 0.330. The molecule has 0 spiro atoms. The molecule has 0 amide bonds. The molecule has 0 radical (unpaired) electrons. The number of aliphatic carboxylic acids is 1. The van der Waals surface area contributed by atoms with Gasteiger partial charge in [-0.15, -0.1) is 0 Å². The summed E-state index contributed by atoms with van der Waals surface area (Å²) in [6, 6.07) is 0. The number of rotatable bonds is 0. The van der Waals surface area contributed by atoms with Crippen molar-refractivity contribution in [2.75, 3.05) is 0 Å². The summed E-state index contributed by atoms with van der Waals surface area (Å²) in [7, 11) is 0.